The average Bonchev–Trinajstić information content (AvgIpc) is 2.69. The predicted octanol–water partition coefficient (Wildman–Crippen LogP) is 3.44. The highest BCUT2D eigenvalue weighted by molar-refractivity contribution is 7.92. The molecule has 0 spiro atoms. The summed E-state index contributed by atoms with van der Waals surface area (Å²) in [5, 5.41) is 11.8. The Hall–Kier alpha value is -3.65. The molecule has 0 aliphatic heterocycles. The minimum atomic E-state index is -4.09. The van der Waals surface area contributed by atoms with E-state index in [2.05, 4.69) is 10.0 Å². The topological polar surface area (TPSA) is 113 Å². The molecule has 8 heteroatoms. The fraction of sp³-hybridized carbons (Fsp3) is 0. The smallest absolute Gasteiger partial charge is 0.335 e. The first-order valence-corrected chi connectivity index (χ1v) is 9.67. The minimum absolute atomic E-state index is 0.0802. The SMILES string of the molecule is O=C(O)c1cccc(S(=O)(=O)Nc2ccccc2C(=O)Nc2ccccc2)c1. The fourth-order valence-corrected chi connectivity index (χ4v) is 3.62. The van der Waals surface area contributed by atoms with Crippen molar-refractivity contribution >= 4 is 33.3 Å². The van der Waals surface area contributed by atoms with Crippen LogP contribution in [0.2, 0.25) is 0 Å². The zero-order valence-corrected chi connectivity index (χ0v) is 15.3. The molecule has 0 heterocycles. The number of anilines is 2. The summed E-state index contributed by atoms with van der Waals surface area (Å²) < 4.78 is 27.7. The maximum atomic E-state index is 12.7. The van der Waals surface area contributed by atoms with Crippen molar-refractivity contribution in [2.24, 2.45) is 0 Å². The highest BCUT2D eigenvalue weighted by atomic mass is 32.2. The third kappa shape index (κ3) is 4.36. The summed E-state index contributed by atoms with van der Waals surface area (Å²) in [7, 11) is -4.09. The van der Waals surface area contributed by atoms with Gasteiger partial charge in [-0.2, -0.15) is 0 Å². The molecule has 0 bridgehead atoms. The molecule has 0 radical (unpaired) electrons. The van der Waals surface area contributed by atoms with Crippen LogP contribution in [0.1, 0.15) is 20.7 Å². The number of hydrogen-bond acceptors (Lipinski definition) is 4. The molecule has 0 aromatic heterocycles. The quantitative estimate of drug-likeness (QED) is 0.591. The minimum Gasteiger partial charge on any atom is -0.478 e. The van der Waals surface area contributed by atoms with Crippen LogP contribution < -0.4 is 10.0 Å². The van der Waals surface area contributed by atoms with Gasteiger partial charge in [0.1, 0.15) is 0 Å². The Balaban J connectivity index is 1.89. The molecule has 1 amide bonds. The molecule has 0 fully saturated rings. The predicted molar refractivity (Wildman–Crippen MR) is 105 cm³/mol. The van der Waals surface area contributed by atoms with Gasteiger partial charge in [0.05, 0.1) is 21.7 Å². The van der Waals surface area contributed by atoms with Crippen LogP contribution in [0.15, 0.2) is 83.8 Å². The Morgan fingerprint density at radius 2 is 1.50 bits per heavy atom. The maximum absolute atomic E-state index is 12.7. The molecule has 28 heavy (non-hydrogen) atoms. The molecule has 3 N–H and O–H groups in total. The largest absolute Gasteiger partial charge is 0.478 e. The number of para-hydroxylation sites is 2. The van der Waals surface area contributed by atoms with E-state index in [1.807, 2.05) is 6.07 Å². The molecule has 0 saturated heterocycles. The van der Waals surface area contributed by atoms with Crippen LogP contribution in [0.25, 0.3) is 0 Å². The van der Waals surface area contributed by atoms with Gasteiger partial charge in [0.25, 0.3) is 15.9 Å². The van der Waals surface area contributed by atoms with E-state index in [0.717, 1.165) is 6.07 Å². The van der Waals surface area contributed by atoms with Gasteiger partial charge in [0, 0.05) is 5.69 Å². The Bertz CT molecular complexity index is 1130. The van der Waals surface area contributed by atoms with Crippen molar-refractivity contribution in [1.29, 1.82) is 0 Å². The van der Waals surface area contributed by atoms with Crippen molar-refractivity contribution in [3.05, 3.63) is 90.0 Å². The first-order chi connectivity index (χ1) is 13.4. The lowest BCUT2D eigenvalue weighted by molar-refractivity contribution is 0.0696. The molecule has 0 aliphatic carbocycles. The summed E-state index contributed by atoms with van der Waals surface area (Å²) >= 11 is 0. The van der Waals surface area contributed by atoms with E-state index >= 15 is 0 Å². The molecule has 142 valence electrons. The van der Waals surface area contributed by atoms with Crippen LogP contribution in [-0.2, 0) is 10.0 Å². The number of carbonyl (C=O) groups is 2. The Morgan fingerprint density at radius 3 is 2.21 bits per heavy atom. The van der Waals surface area contributed by atoms with Crippen LogP contribution in [0.5, 0.6) is 0 Å². The first kappa shape index (κ1) is 19.1. The molecule has 0 saturated carbocycles. The highest BCUT2D eigenvalue weighted by Crippen LogP contribution is 2.22. The van der Waals surface area contributed by atoms with Crippen LogP contribution in [0.3, 0.4) is 0 Å². The van der Waals surface area contributed by atoms with Crippen molar-refractivity contribution in [3.63, 3.8) is 0 Å². The monoisotopic (exact) mass is 396 g/mol. The van der Waals surface area contributed by atoms with Crippen molar-refractivity contribution in [2.45, 2.75) is 4.90 Å². The maximum Gasteiger partial charge on any atom is 0.335 e. The summed E-state index contributed by atoms with van der Waals surface area (Å²) in [6, 6.07) is 19.9. The summed E-state index contributed by atoms with van der Waals surface area (Å²) in [6.07, 6.45) is 0. The number of benzene rings is 3. The van der Waals surface area contributed by atoms with E-state index in [4.69, 9.17) is 5.11 Å². The van der Waals surface area contributed by atoms with Crippen molar-refractivity contribution < 1.29 is 23.1 Å². The third-order valence-corrected chi connectivity index (χ3v) is 5.20. The lowest BCUT2D eigenvalue weighted by Gasteiger charge is -2.13. The fourth-order valence-electron chi connectivity index (χ4n) is 2.49. The Morgan fingerprint density at radius 1 is 0.821 bits per heavy atom. The molecule has 7 nitrogen and oxygen atoms in total. The molecule has 3 aromatic carbocycles. The van der Waals surface area contributed by atoms with Crippen LogP contribution in [0.4, 0.5) is 11.4 Å². The molecule has 0 unspecified atom stereocenters. The van der Waals surface area contributed by atoms with Gasteiger partial charge in [0.15, 0.2) is 0 Å². The van der Waals surface area contributed by atoms with Gasteiger partial charge in [-0.05, 0) is 42.5 Å². The Kier molecular flexibility index (Phi) is 5.42. The average molecular weight is 396 g/mol. The van der Waals surface area contributed by atoms with Gasteiger partial charge < -0.3 is 10.4 Å². The lowest BCUT2D eigenvalue weighted by atomic mass is 10.1. The number of carbonyl (C=O) groups excluding carboxylic acids is 1. The van der Waals surface area contributed by atoms with Crippen molar-refractivity contribution in [1.82, 2.24) is 0 Å². The molecular weight excluding hydrogens is 380 g/mol. The summed E-state index contributed by atoms with van der Waals surface area (Å²) in [6.45, 7) is 0. The zero-order chi connectivity index (χ0) is 20.1. The normalized spacial score (nSPS) is 10.9. The standard InChI is InChI=1S/C20H16N2O5S/c23-19(21-15-8-2-1-3-9-15)17-11-4-5-12-18(17)22-28(26,27)16-10-6-7-14(13-16)20(24)25/h1-13,22H,(H,21,23)(H,24,25). The van der Waals surface area contributed by atoms with E-state index in [-0.39, 0.29) is 21.7 Å². The molecule has 3 rings (SSSR count). The molecule has 0 atom stereocenters. The van der Waals surface area contributed by atoms with Gasteiger partial charge >= 0.3 is 5.97 Å². The third-order valence-electron chi connectivity index (χ3n) is 3.84. The Labute approximate surface area is 161 Å². The van der Waals surface area contributed by atoms with Crippen LogP contribution >= 0.6 is 0 Å². The number of aromatic carboxylic acids is 1. The number of carboxylic acid groups (broad SMARTS) is 1. The number of amides is 1. The van der Waals surface area contributed by atoms with Gasteiger partial charge in [0.2, 0.25) is 0 Å². The number of nitrogens with one attached hydrogen (secondary N) is 2. The lowest BCUT2D eigenvalue weighted by Crippen LogP contribution is -2.19. The molecule has 0 aliphatic rings. The second-order valence-electron chi connectivity index (χ2n) is 5.80. The second kappa shape index (κ2) is 7.93. The van der Waals surface area contributed by atoms with Crippen LogP contribution in [-0.4, -0.2) is 25.4 Å². The van der Waals surface area contributed by atoms with Gasteiger partial charge in [-0.15, -0.1) is 0 Å². The van der Waals surface area contributed by atoms with Crippen molar-refractivity contribution in [3.8, 4) is 0 Å². The molecular formula is C20H16N2O5S. The van der Waals surface area contributed by atoms with E-state index in [0.29, 0.717) is 5.69 Å². The number of carboxylic acids is 1. The van der Waals surface area contributed by atoms with E-state index < -0.39 is 21.9 Å². The van der Waals surface area contributed by atoms with Crippen LogP contribution in [0, 0.1) is 0 Å². The highest BCUT2D eigenvalue weighted by Gasteiger charge is 2.20. The summed E-state index contributed by atoms with van der Waals surface area (Å²) in [5.74, 6) is -1.72. The van der Waals surface area contributed by atoms with Gasteiger partial charge in [-0.25, -0.2) is 13.2 Å². The van der Waals surface area contributed by atoms with E-state index in [1.54, 1.807) is 36.4 Å². The van der Waals surface area contributed by atoms with Gasteiger partial charge in [-0.1, -0.05) is 36.4 Å². The number of hydrogen-bond donors (Lipinski definition) is 3. The zero-order valence-electron chi connectivity index (χ0n) is 14.5. The summed E-state index contributed by atoms with van der Waals surface area (Å²) in [4.78, 5) is 23.4. The summed E-state index contributed by atoms with van der Waals surface area (Å²) in [5.41, 5.74) is 0.623. The number of rotatable bonds is 6. The van der Waals surface area contributed by atoms with E-state index in [1.165, 1.54) is 30.3 Å². The second-order valence-corrected chi connectivity index (χ2v) is 7.49. The first-order valence-electron chi connectivity index (χ1n) is 8.18. The van der Waals surface area contributed by atoms with Gasteiger partial charge in [-0.3, -0.25) is 9.52 Å². The number of sulfonamides is 1. The van der Waals surface area contributed by atoms with E-state index in [9.17, 15) is 18.0 Å². The van der Waals surface area contributed by atoms with Crippen molar-refractivity contribution in [2.75, 3.05) is 10.0 Å². The molecule has 3 aromatic rings.